The van der Waals surface area contributed by atoms with Gasteiger partial charge in [0.2, 0.25) is 0 Å². The molecule has 16 heavy (non-hydrogen) atoms. The first-order valence-corrected chi connectivity index (χ1v) is 5.21. The fraction of sp³-hybridized carbons (Fsp3) is 0.364. The first-order valence-electron chi connectivity index (χ1n) is 5.21. The van der Waals surface area contributed by atoms with Crippen molar-refractivity contribution in [3.63, 3.8) is 0 Å². The van der Waals surface area contributed by atoms with Crippen LogP contribution in [-0.4, -0.2) is 26.8 Å². The molecule has 0 aromatic carbocycles. The van der Waals surface area contributed by atoms with E-state index in [1.165, 1.54) is 5.56 Å². The minimum absolute atomic E-state index is 0.762. The second-order valence-electron chi connectivity index (χ2n) is 3.67. The first-order chi connectivity index (χ1) is 7.70. The van der Waals surface area contributed by atoms with Crippen LogP contribution in [0.2, 0.25) is 0 Å². The molecule has 0 fully saturated rings. The van der Waals surface area contributed by atoms with Crippen molar-refractivity contribution < 1.29 is 0 Å². The van der Waals surface area contributed by atoms with E-state index < -0.39 is 0 Å². The van der Waals surface area contributed by atoms with E-state index in [9.17, 15) is 0 Å². The summed E-state index contributed by atoms with van der Waals surface area (Å²) in [7, 11) is 1.92. The molecule has 0 saturated carbocycles. The lowest BCUT2D eigenvalue weighted by Crippen LogP contribution is -2.07. The van der Waals surface area contributed by atoms with E-state index in [1.807, 2.05) is 33.0 Å². The Balaban J connectivity index is 2.40. The summed E-state index contributed by atoms with van der Waals surface area (Å²) in [6.07, 6.45) is 1.79. The molecule has 2 aromatic rings. The summed E-state index contributed by atoms with van der Waals surface area (Å²) >= 11 is 0. The number of aromatic nitrogens is 4. The highest BCUT2D eigenvalue weighted by Gasteiger charge is 2.06. The summed E-state index contributed by atoms with van der Waals surface area (Å²) in [5.74, 6) is 2.43. The number of nitrogens with zero attached hydrogens (tertiary/aromatic N) is 4. The largest absolute Gasteiger partial charge is 0.316 e. The number of pyridine rings is 1. The molecule has 2 aromatic heterocycles. The monoisotopic (exact) mass is 217 g/mol. The third kappa shape index (κ3) is 2.09. The molecule has 0 unspecified atom stereocenters. The second-order valence-corrected chi connectivity index (χ2v) is 3.67. The van der Waals surface area contributed by atoms with Crippen LogP contribution < -0.4 is 5.32 Å². The van der Waals surface area contributed by atoms with Crippen LogP contribution in [0.15, 0.2) is 18.3 Å². The van der Waals surface area contributed by atoms with Crippen LogP contribution in [0.4, 0.5) is 0 Å². The maximum absolute atomic E-state index is 4.30. The lowest BCUT2D eigenvalue weighted by Gasteiger charge is -2.04. The predicted octanol–water partition coefficient (Wildman–Crippen LogP) is 0.999. The second kappa shape index (κ2) is 4.40. The Morgan fingerprint density at radius 2 is 2.19 bits per heavy atom. The molecule has 0 atom stereocenters. The molecule has 0 bridgehead atoms. The molecule has 0 aliphatic heterocycles. The fourth-order valence-electron chi connectivity index (χ4n) is 1.63. The van der Waals surface area contributed by atoms with Gasteiger partial charge in [-0.2, -0.15) is 4.68 Å². The zero-order chi connectivity index (χ0) is 11.5. The molecule has 84 valence electrons. The van der Waals surface area contributed by atoms with Crippen molar-refractivity contribution in [2.75, 3.05) is 7.05 Å². The molecule has 0 amide bonds. The van der Waals surface area contributed by atoms with E-state index in [2.05, 4.69) is 20.4 Å². The van der Waals surface area contributed by atoms with Crippen LogP contribution >= 0.6 is 0 Å². The van der Waals surface area contributed by atoms with Crippen molar-refractivity contribution in [2.24, 2.45) is 0 Å². The number of hydrogen-bond acceptors (Lipinski definition) is 4. The maximum Gasteiger partial charge on any atom is 0.155 e. The average Bonchev–Trinajstić information content (AvgIpc) is 2.59. The van der Waals surface area contributed by atoms with Crippen LogP contribution in [0.25, 0.3) is 5.82 Å². The zero-order valence-corrected chi connectivity index (χ0v) is 9.73. The van der Waals surface area contributed by atoms with Gasteiger partial charge in [-0.25, -0.2) is 9.97 Å². The van der Waals surface area contributed by atoms with Crippen LogP contribution in [0.3, 0.4) is 0 Å². The normalized spacial score (nSPS) is 10.7. The summed E-state index contributed by atoms with van der Waals surface area (Å²) in [4.78, 5) is 8.56. The van der Waals surface area contributed by atoms with Gasteiger partial charge >= 0.3 is 0 Å². The van der Waals surface area contributed by atoms with E-state index in [0.29, 0.717) is 0 Å². The molecule has 2 rings (SSSR count). The Hall–Kier alpha value is -1.75. The maximum atomic E-state index is 4.30. The molecule has 1 N–H and O–H groups in total. The Kier molecular flexibility index (Phi) is 2.96. The van der Waals surface area contributed by atoms with Gasteiger partial charge in [-0.15, -0.1) is 5.10 Å². The number of hydrogen-bond donors (Lipinski definition) is 1. The van der Waals surface area contributed by atoms with Crippen molar-refractivity contribution in [3.8, 4) is 5.82 Å². The van der Waals surface area contributed by atoms with Crippen molar-refractivity contribution in [2.45, 2.75) is 20.4 Å². The molecule has 0 aliphatic carbocycles. The summed E-state index contributed by atoms with van der Waals surface area (Å²) in [5.41, 5.74) is 1.18. The topological polar surface area (TPSA) is 55.6 Å². The van der Waals surface area contributed by atoms with Gasteiger partial charge in [-0.3, -0.25) is 0 Å². The van der Waals surface area contributed by atoms with Gasteiger partial charge in [0.15, 0.2) is 5.82 Å². The molecule has 0 aliphatic rings. The summed E-state index contributed by atoms with van der Waals surface area (Å²) < 4.78 is 1.76. The van der Waals surface area contributed by atoms with Gasteiger partial charge in [-0.05, 0) is 38.6 Å². The van der Waals surface area contributed by atoms with Crippen LogP contribution in [0.1, 0.15) is 17.2 Å². The SMILES string of the molecule is CNCc1ccnc(-n2nc(C)nc2C)c1. The molecule has 0 spiro atoms. The van der Waals surface area contributed by atoms with Crippen molar-refractivity contribution in [1.82, 2.24) is 25.1 Å². The van der Waals surface area contributed by atoms with Gasteiger partial charge in [0.1, 0.15) is 11.6 Å². The van der Waals surface area contributed by atoms with E-state index in [0.717, 1.165) is 24.0 Å². The van der Waals surface area contributed by atoms with Crippen LogP contribution in [-0.2, 0) is 6.54 Å². The van der Waals surface area contributed by atoms with E-state index >= 15 is 0 Å². The third-order valence-electron chi connectivity index (χ3n) is 2.28. The first kappa shape index (κ1) is 10.8. The van der Waals surface area contributed by atoms with Crippen LogP contribution in [0, 0.1) is 13.8 Å². The minimum Gasteiger partial charge on any atom is -0.316 e. The van der Waals surface area contributed by atoms with Gasteiger partial charge in [0.25, 0.3) is 0 Å². The van der Waals surface area contributed by atoms with Crippen molar-refractivity contribution >= 4 is 0 Å². The highest BCUT2D eigenvalue weighted by Crippen LogP contribution is 2.08. The molecule has 0 saturated heterocycles. The van der Waals surface area contributed by atoms with Gasteiger partial charge in [0, 0.05) is 12.7 Å². The zero-order valence-electron chi connectivity index (χ0n) is 9.73. The lowest BCUT2D eigenvalue weighted by molar-refractivity contribution is 0.784. The number of rotatable bonds is 3. The van der Waals surface area contributed by atoms with Gasteiger partial charge in [0.05, 0.1) is 0 Å². The fourth-order valence-corrected chi connectivity index (χ4v) is 1.63. The summed E-state index contributed by atoms with van der Waals surface area (Å²) in [6, 6.07) is 4.00. The number of nitrogens with one attached hydrogen (secondary N) is 1. The lowest BCUT2D eigenvalue weighted by atomic mass is 10.2. The Morgan fingerprint density at radius 1 is 1.38 bits per heavy atom. The van der Waals surface area contributed by atoms with Crippen LogP contribution in [0.5, 0.6) is 0 Å². The smallest absolute Gasteiger partial charge is 0.155 e. The molecule has 5 nitrogen and oxygen atoms in total. The standard InChI is InChI=1S/C11H15N5/c1-8-14-9(2)16(15-8)11-6-10(7-12-3)4-5-13-11/h4-6,12H,7H2,1-3H3. The van der Waals surface area contributed by atoms with Crippen molar-refractivity contribution in [3.05, 3.63) is 35.5 Å². The minimum atomic E-state index is 0.762. The van der Waals surface area contributed by atoms with E-state index in [4.69, 9.17) is 0 Å². The van der Waals surface area contributed by atoms with Crippen molar-refractivity contribution in [1.29, 1.82) is 0 Å². The van der Waals surface area contributed by atoms with Gasteiger partial charge in [-0.1, -0.05) is 0 Å². The van der Waals surface area contributed by atoms with E-state index in [-0.39, 0.29) is 0 Å². The average molecular weight is 217 g/mol. The Labute approximate surface area is 94.5 Å². The molecular formula is C11H15N5. The van der Waals surface area contributed by atoms with E-state index in [1.54, 1.807) is 10.9 Å². The summed E-state index contributed by atoms with van der Waals surface area (Å²) in [5, 5.41) is 7.41. The highest BCUT2D eigenvalue weighted by atomic mass is 15.4. The number of aryl methyl sites for hydroxylation is 2. The summed E-state index contributed by atoms with van der Waals surface area (Å²) in [6.45, 7) is 4.62. The molecular weight excluding hydrogens is 202 g/mol. The quantitative estimate of drug-likeness (QED) is 0.833. The Bertz CT molecular complexity index is 489. The molecule has 0 radical (unpaired) electrons. The molecule has 5 heteroatoms. The highest BCUT2D eigenvalue weighted by molar-refractivity contribution is 5.27. The van der Waals surface area contributed by atoms with Gasteiger partial charge < -0.3 is 5.32 Å². The predicted molar refractivity (Wildman–Crippen MR) is 61.4 cm³/mol. The Morgan fingerprint density at radius 3 is 2.81 bits per heavy atom. The third-order valence-corrected chi connectivity index (χ3v) is 2.28. The molecule has 2 heterocycles.